The van der Waals surface area contributed by atoms with Crippen LogP contribution in [0.3, 0.4) is 0 Å². The quantitative estimate of drug-likeness (QED) is 0.688. The Balaban J connectivity index is 1.68. The zero-order valence-corrected chi connectivity index (χ0v) is 16.8. The monoisotopic (exact) mass is 399 g/mol. The summed E-state index contributed by atoms with van der Waals surface area (Å²) < 4.78 is 1.83. The molecule has 2 amide bonds. The number of amides is 2. The maximum absolute atomic E-state index is 12.7. The maximum Gasteiger partial charge on any atom is 0.255 e. The first-order chi connectivity index (χ1) is 13.3. The number of carbonyl (C=O) groups excluding carboxylic acids is 2. The number of hydrogen-bond donors (Lipinski definition) is 1. The molecule has 0 aliphatic heterocycles. The highest BCUT2D eigenvalue weighted by atomic mass is 35.5. The van der Waals surface area contributed by atoms with E-state index in [1.165, 1.54) is 11.1 Å². The summed E-state index contributed by atoms with van der Waals surface area (Å²) >= 11 is 5.91. The lowest BCUT2D eigenvalue weighted by Gasteiger charge is -2.17. The van der Waals surface area contributed by atoms with Crippen LogP contribution in [0, 0.1) is 5.92 Å². The molecule has 28 heavy (non-hydrogen) atoms. The van der Waals surface area contributed by atoms with E-state index in [1.54, 1.807) is 43.6 Å². The van der Waals surface area contributed by atoms with Gasteiger partial charge in [-0.1, -0.05) is 31.5 Å². The van der Waals surface area contributed by atoms with Gasteiger partial charge in [0.2, 0.25) is 5.91 Å². The van der Waals surface area contributed by atoms with Crippen molar-refractivity contribution < 1.29 is 9.59 Å². The molecule has 2 aromatic heterocycles. The molecule has 0 radical (unpaired) electrons. The van der Waals surface area contributed by atoms with E-state index in [9.17, 15) is 9.59 Å². The lowest BCUT2D eigenvalue weighted by Crippen LogP contribution is -2.35. The second-order valence-electron chi connectivity index (χ2n) is 7.08. The number of benzene rings is 1. The number of carbonyl (C=O) groups is 2. The summed E-state index contributed by atoms with van der Waals surface area (Å²) in [6, 6.07) is 8.60. The van der Waals surface area contributed by atoms with Crippen molar-refractivity contribution in [3.63, 3.8) is 0 Å². The second kappa shape index (κ2) is 8.39. The summed E-state index contributed by atoms with van der Waals surface area (Å²) in [5, 5.41) is 8.38. The fourth-order valence-corrected chi connectivity index (χ4v) is 3.03. The van der Waals surface area contributed by atoms with Gasteiger partial charge in [0.15, 0.2) is 5.65 Å². The van der Waals surface area contributed by atoms with E-state index in [4.69, 9.17) is 11.6 Å². The predicted octanol–water partition coefficient (Wildman–Crippen LogP) is 3.45. The third kappa shape index (κ3) is 4.67. The number of fused-ring (bicyclic) bond motifs is 1. The standard InChI is InChI=1S/C20H22ClN5O2/c1-13(2)11-26-19-14(10-23-26)7-15(9-22-19)20(28)25(3)12-18(27)24-17-6-4-5-16(21)8-17/h4-10,13H,11-12H2,1-3H3,(H,24,27). The van der Waals surface area contributed by atoms with Gasteiger partial charge in [-0.05, 0) is 30.2 Å². The van der Waals surface area contributed by atoms with E-state index in [1.807, 2.05) is 4.68 Å². The summed E-state index contributed by atoms with van der Waals surface area (Å²) in [5.74, 6) is -0.153. The number of pyridine rings is 1. The molecule has 0 unspecified atom stereocenters. The molecule has 0 bridgehead atoms. The molecule has 0 aliphatic carbocycles. The van der Waals surface area contributed by atoms with Crippen LogP contribution < -0.4 is 5.32 Å². The third-order valence-electron chi connectivity index (χ3n) is 4.10. The fourth-order valence-electron chi connectivity index (χ4n) is 2.84. The minimum Gasteiger partial charge on any atom is -0.332 e. The molecule has 1 aromatic carbocycles. The first-order valence-corrected chi connectivity index (χ1v) is 9.33. The van der Waals surface area contributed by atoms with E-state index in [2.05, 4.69) is 29.2 Å². The van der Waals surface area contributed by atoms with Crippen LogP contribution in [0.15, 0.2) is 42.7 Å². The van der Waals surface area contributed by atoms with Crippen LogP contribution in [-0.4, -0.2) is 45.1 Å². The molecule has 0 saturated carbocycles. The molecule has 2 heterocycles. The lowest BCUT2D eigenvalue weighted by molar-refractivity contribution is -0.116. The summed E-state index contributed by atoms with van der Waals surface area (Å²) in [7, 11) is 1.58. The summed E-state index contributed by atoms with van der Waals surface area (Å²) in [5.41, 5.74) is 1.74. The highest BCUT2D eigenvalue weighted by molar-refractivity contribution is 6.30. The minimum atomic E-state index is -0.308. The summed E-state index contributed by atoms with van der Waals surface area (Å²) in [6.45, 7) is 4.88. The van der Waals surface area contributed by atoms with Crippen molar-refractivity contribution in [2.24, 2.45) is 5.92 Å². The number of anilines is 1. The normalized spacial score (nSPS) is 11.0. The van der Waals surface area contributed by atoms with Gasteiger partial charge in [-0.2, -0.15) is 5.10 Å². The first-order valence-electron chi connectivity index (χ1n) is 8.96. The van der Waals surface area contributed by atoms with Gasteiger partial charge in [0.1, 0.15) is 0 Å². The average molecular weight is 400 g/mol. The Morgan fingerprint density at radius 3 is 2.75 bits per heavy atom. The van der Waals surface area contributed by atoms with E-state index < -0.39 is 0 Å². The highest BCUT2D eigenvalue weighted by Crippen LogP contribution is 2.16. The smallest absolute Gasteiger partial charge is 0.255 e. The number of nitrogens with one attached hydrogen (secondary N) is 1. The van der Waals surface area contributed by atoms with Gasteiger partial charge in [0.25, 0.3) is 5.91 Å². The Morgan fingerprint density at radius 2 is 2.04 bits per heavy atom. The molecule has 0 aliphatic rings. The number of rotatable bonds is 6. The zero-order chi connectivity index (χ0) is 20.3. The number of likely N-dealkylation sites (N-methyl/N-ethyl adjacent to an activating group) is 1. The summed E-state index contributed by atoms with van der Waals surface area (Å²) in [4.78, 5) is 30.6. The molecule has 1 N–H and O–H groups in total. The third-order valence-corrected chi connectivity index (χ3v) is 4.33. The van der Waals surface area contributed by atoms with Crippen LogP contribution >= 0.6 is 11.6 Å². The van der Waals surface area contributed by atoms with Crippen LogP contribution in [-0.2, 0) is 11.3 Å². The van der Waals surface area contributed by atoms with Crippen molar-refractivity contribution in [1.29, 1.82) is 0 Å². The number of nitrogens with zero attached hydrogens (tertiary/aromatic N) is 4. The Morgan fingerprint density at radius 1 is 1.25 bits per heavy atom. The van der Waals surface area contributed by atoms with Gasteiger partial charge in [-0.25, -0.2) is 9.67 Å². The average Bonchev–Trinajstić information content (AvgIpc) is 3.02. The van der Waals surface area contributed by atoms with Gasteiger partial charge in [-0.15, -0.1) is 0 Å². The number of hydrogen-bond acceptors (Lipinski definition) is 4. The van der Waals surface area contributed by atoms with Gasteiger partial charge in [0.05, 0.1) is 18.3 Å². The Kier molecular flexibility index (Phi) is 5.94. The molecule has 7 nitrogen and oxygen atoms in total. The van der Waals surface area contributed by atoms with E-state index in [0.717, 1.165) is 17.6 Å². The topological polar surface area (TPSA) is 80.1 Å². The van der Waals surface area contributed by atoms with Crippen LogP contribution in [0.4, 0.5) is 5.69 Å². The van der Waals surface area contributed by atoms with Crippen molar-refractivity contribution in [1.82, 2.24) is 19.7 Å². The molecule has 0 saturated heterocycles. The molecule has 0 spiro atoms. The van der Waals surface area contributed by atoms with E-state index >= 15 is 0 Å². The zero-order valence-electron chi connectivity index (χ0n) is 16.0. The molecule has 8 heteroatoms. The Bertz CT molecular complexity index is 1010. The Labute approximate surface area is 168 Å². The molecule has 0 atom stereocenters. The highest BCUT2D eigenvalue weighted by Gasteiger charge is 2.17. The minimum absolute atomic E-state index is 0.0873. The molecule has 3 rings (SSSR count). The molecular weight excluding hydrogens is 378 g/mol. The predicted molar refractivity (Wildman–Crippen MR) is 109 cm³/mol. The Hall–Kier alpha value is -2.93. The molecule has 3 aromatic rings. The molecule has 0 fully saturated rings. The van der Waals surface area contributed by atoms with E-state index in [-0.39, 0.29) is 18.4 Å². The number of aromatic nitrogens is 3. The van der Waals surface area contributed by atoms with Crippen molar-refractivity contribution in [3.05, 3.63) is 53.3 Å². The van der Waals surface area contributed by atoms with Crippen molar-refractivity contribution >= 4 is 40.1 Å². The maximum atomic E-state index is 12.7. The fraction of sp³-hybridized carbons (Fsp3) is 0.300. The van der Waals surface area contributed by atoms with Crippen molar-refractivity contribution in [2.45, 2.75) is 20.4 Å². The summed E-state index contributed by atoms with van der Waals surface area (Å²) in [6.07, 6.45) is 3.22. The first kappa shape index (κ1) is 19.8. The lowest BCUT2D eigenvalue weighted by atomic mass is 10.2. The van der Waals surface area contributed by atoms with Crippen LogP contribution in [0.1, 0.15) is 24.2 Å². The van der Waals surface area contributed by atoms with Crippen molar-refractivity contribution in [2.75, 3.05) is 18.9 Å². The molecule has 146 valence electrons. The van der Waals surface area contributed by atoms with Crippen LogP contribution in [0.25, 0.3) is 11.0 Å². The van der Waals surface area contributed by atoms with Crippen LogP contribution in [0.5, 0.6) is 0 Å². The second-order valence-corrected chi connectivity index (χ2v) is 7.51. The van der Waals surface area contributed by atoms with Gasteiger partial charge >= 0.3 is 0 Å². The van der Waals surface area contributed by atoms with Gasteiger partial charge < -0.3 is 10.2 Å². The largest absolute Gasteiger partial charge is 0.332 e. The SMILES string of the molecule is CC(C)Cn1ncc2cc(C(=O)N(C)CC(=O)Nc3cccc(Cl)c3)cnc21. The van der Waals surface area contributed by atoms with Gasteiger partial charge in [-0.3, -0.25) is 9.59 Å². The molecular formula is C20H22ClN5O2. The van der Waals surface area contributed by atoms with Crippen LogP contribution in [0.2, 0.25) is 5.02 Å². The van der Waals surface area contributed by atoms with E-state index in [0.29, 0.717) is 22.2 Å². The number of halogens is 1. The van der Waals surface area contributed by atoms with Gasteiger partial charge in [0, 0.05) is 35.9 Å². The van der Waals surface area contributed by atoms with Crippen molar-refractivity contribution in [3.8, 4) is 0 Å².